The summed E-state index contributed by atoms with van der Waals surface area (Å²) in [6, 6.07) is 0. The molecule has 1 heterocycles. The van der Waals surface area contributed by atoms with Crippen LogP contribution in [0.1, 0.15) is 28.8 Å². The van der Waals surface area contributed by atoms with Gasteiger partial charge in [-0.2, -0.15) is 0 Å². The standard InChI is InChI=1S/C13H24N4OS/c1-4-7-17(9-8-16(2)3)13(18)11-10-19-12(15-11)5-6-14/h10H,4-9,14H2,1-3H3. The Kier molecular flexibility index (Phi) is 6.97. The summed E-state index contributed by atoms with van der Waals surface area (Å²) in [4.78, 5) is 20.7. The van der Waals surface area contributed by atoms with Gasteiger partial charge in [0, 0.05) is 31.4 Å². The number of carbonyl (C=O) groups is 1. The first-order chi connectivity index (χ1) is 9.08. The van der Waals surface area contributed by atoms with Crippen LogP contribution in [0.2, 0.25) is 0 Å². The Morgan fingerprint density at radius 3 is 2.68 bits per heavy atom. The molecule has 1 aromatic heterocycles. The van der Waals surface area contributed by atoms with Gasteiger partial charge in [0.15, 0.2) is 0 Å². The molecule has 0 fully saturated rings. The molecule has 1 aromatic rings. The first-order valence-electron chi connectivity index (χ1n) is 6.67. The van der Waals surface area contributed by atoms with Gasteiger partial charge in [0.1, 0.15) is 5.69 Å². The lowest BCUT2D eigenvalue weighted by Crippen LogP contribution is -2.37. The second-order valence-electron chi connectivity index (χ2n) is 4.76. The Balaban J connectivity index is 2.68. The SMILES string of the molecule is CCCN(CCN(C)C)C(=O)c1csc(CCN)n1. The average Bonchev–Trinajstić information content (AvgIpc) is 2.82. The van der Waals surface area contributed by atoms with E-state index in [0.29, 0.717) is 12.2 Å². The van der Waals surface area contributed by atoms with Crippen molar-refractivity contribution in [3.05, 3.63) is 16.1 Å². The van der Waals surface area contributed by atoms with Gasteiger partial charge in [-0.25, -0.2) is 4.98 Å². The van der Waals surface area contributed by atoms with Crippen molar-refractivity contribution in [1.29, 1.82) is 0 Å². The van der Waals surface area contributed by atoms with E-state index in [1.165, 1.54) is 11.3 Å². The molecule has 0 radical (unpaired) electrons. The lowest BCUT2D eigenvalue weighted by Gasteiger charge is -2.23. The molecule has 1 rings (SSSR count). The van der Waals surface area contributed by atoms with Crippen LogP contribution in [0.4, 0.5) is 0 Å². The van der Waals surface area contributed by atoms with Crippen LogP contribution in [-0.2, 0) is 6.42 Å². The van der Waals surface area contributed by atoms with Gasteiger partial charge in [0.2, 0.25) is 0 Å². The summed E-state index contributed by atoms with van der Waals surface area (Å²) in [5.41, 5.74) is 6.06. The molecule has 0 saturated heterocycles. The second kappa shape index (κ2) is 8.24. The van der Waals surface area contributed by atoms with E-state index in [4.69, 9.17) is 5.73 Å². The van der Waals surface area contributed by atoms with Crippen molar-refractivity contribution in [2.24, 2.45) is 5.73 Å². The summed E-state index contributed by atoms with van der Waals surface area (Å²) < 4.78 is 0. The van der Waals surface area contributed by atoms with Gasteiger partial charge >= 0.3 is 0 Å². The number of hydrogen-bond acceptors (Lipinski definition) is 5. The van der Waals surface area contributed by atoms with Crippen molar-refractivity contribution < 1.29 is 4.79 Å². The predicted octanol–water partition coefficient (Wildman–Crippen LogP) is 1.06. The third-order valence-electron chi connectivity index (χ3n) is 2.73. The highest BCUT2D eigenvalue weighted by molar-refractivity contribution is 7.09. The van der Waals surface area contributed by atoms with Crippen molar-refractivity contribution >= 4 is 17.2 Å². The van der Waals surface area contributed by atoms with Crippen molar-refractivity contribution in [3.8, 4) is 0 Å². The maximum atomic E-state index is 12.4. The number of aromatic nitrogens is 1. The fraction of sp³-hybridized carbons (Fsp3) is 0.692. The van der Waals surface area contributed by atoms with Gasteiger partial charge in [-0.05, 0) is 27.1 Å². The zero-order chi connectivity index (χ0) is 14.3. The van der Waals surface area contributed by atoms with E-state index in [2.05, 4.69) is 16.8 Å². The molecule has 0 bridgehead atoms. The zero-order valence-electron chi connectivity index (χ0n) is 12.1. The van der Waals surface area contributed by atoms with Gasteiger partial charge in [-0.3, -0.25) is 4.79 Å². The van der Waals surface area contributed by atoms with Gasteiger partial charge in [-0.1, -0.05) is 6.92 Å². The van der Waals surface area contributed by atoms with Gasteiger partial charge in [0.05, 0.1) is 5.01 Å². The first-order valence-corrected chi connectivity index (χ1v) is 7.55. The summed E-state index contributed by atoms with van der Waals surface area (Å²) in [6.07, 6.45) is 1.70. The maximum absolute atomic E-state index is 12.4. The van der Waals surface area contributed by atoms with E-state index < -0.39 is 0 Å². The van der Waals surface area contributed by atoms with E-state index >= 15 is 0 Å². The fourth-order valence-corrected chi connectivity index (χ4v) is 2.50. The van der Waals surface area contributed by atoms with E-state index in [1.807, 2.05) is 24.4 Å². The maximum Gasteiger partial charge on any atom is 0.273 e. The number of hydrogen-bond donors (Lipinski definition) is 1. The molecular formula is C13H24N4OS. The Morgan fingerprint density at radius 2 is 2.11 bits per heavy atom. The summed E-state index contributed by atoms with van der Waals surface area (Å²) in [5.74, 6) is 0.0308. The summed E-state index contributed by atoms with van der Waals surface area (Å²) in [7, 11) is 4.02. The van der Waals surface area contributed by atoms with E-state index in [0.717, 1.165) is 37.5 Å². The molecule has 19 heavy (non-hydrogen) atoms. The normalized spacial score (nSPS) is 11.0. The topological polar surface area (TPSA) is 62.5 Å². The molecule has 6 heteroatoms. The van der Waals surface area contributed by atoms with E-state index in [9.17, 15) is 4.79 Å². The zero-order valence-corrected chi connectivity index (χ0v) is 12.9. The number of rotatable bonds is 8. The minimum absolute atomic E-state index is 0.0308. The lowest BCUT2D eigenvalue weighted by atomic mass is 10.3. The summed E-state index contributed by atoms with van der Waals surface area (Å²) in [6.45, 7) is 5.03. The number of nitrogens with two attached hydrogens (primary N) is 1. The molecule has 5 nitrogen and oxygen atoms in total. The van der Waals surface area contributed by atoms with Crippen LogP contribution in [0.25, 0.3) is 0 Å². The molecular weight excluding hydrogens is 260 g/mol. The lowest BCUT2D eigenvalue weighted by molar-refractivity contribution is 0.0739. The van der Waals surface area contributed by atoms with Crippen LogP contribution in [0.3, 0.4) is 0 Å². The van der Waals surface area contributed by atoms with Crippen molar-refractivity contribution in [1.82, 2.24) is 14.8 Å². The monoisotopic (exact) mass is 284 g/mol. The molecule has 0 saturated carbocycles. The van der Waals surface area contributed by atoms with Crippen molar-refractivity contribution in [2.45, 2.75) is 19.8 Å². The van der Waals surface area contributed by atoms with Crippen LogP contribution >= 0.6 is 11.3 Å². The number of thiazole rings is 1. The highest BCUT2D eigenvalue weighted by Gasteiger charge is 2.17. The number of carbonyl (C=O) groups excluding carboxylic acids is 1. The Morgan fingerprint density at radius 1 is 1.37 bits per heavy atom. The third-order valence-corrected chi connectivity index (χ3v) is 3.64. The smallest absolute Gasteiger partial charge is 0.273 e. The van der Waals surface area contributed by atoms with Crippen LogP contribution in [0.5, 0.6) is 0 Å². The fourth-order valence-electron chi connectivity index (χ4n) is 1.71. The van der Waals surface area contributed by atoms with Gasteiger partial charge in [-0.15, -0.1) is 11.3 Å². The first kappa shape index (κ1) is 16.1. The summed E-state index contributed by atoms with van der Waals surface area (Å²) in [5, 5.41) is 2.78. The average molecular weight is 284 g/mol. The minimum Gasteiger partial charge on any atom is -0.336 e. The molecule has 2 N–H and O–H groups in total. The predicted molar refractivity (Wildman–Crippen MR) is 79.6 cm³/mol. The number of amides is 1. The largest absolute Gasteiger partial charge is 0.336 e. The Hall–Kier alpha value is -0.980. The van der Waals surface area contributed by atoms with Crippen LogP contribution < -0.4 is 5.73 Å². The second-order valence-corrected chi connectivity index (χ2v) is 5.70. The van der Waals surface area contributed by atoms with Gasteiger partial charge in [0.25, 0.3) is 5.91 Å². The highest BCUT2D eigenvalue weighted by atomic mass is 32.1. The highest BCUT2D eigenvalue weighted by Crippen LogP contribution is 2.12. The Bertz CT molecular complexity index is 392. The molecule has 108 valence electrons. The molecule has 0 unspecified atom stereocenters. The van der Waals surface area contributed by atoms with Crippen molar-refractivity contribution in [2.75, 3.05) is 40.3 Å². The molecule has 0 aromatic carbocycles. The van der Waals surface area contributed by atoms with E-state index in [1.54, 1.807) is 0 Å². The van der Waals surface area contributed by atoms with Crippen molar-refractivity contribution in [3.63, 3.8) is 0 Å². The molecule has 0 atom stereocenters. The van der Waals surface area contributed by atoms with E-state index in [-0.39, 0.29) is 5.91 Å². The molecule has 1 amide bonds. The van der Waals surface area contributed by atoms with Crippen LogP contribution in [-0.4, -0.2) is 61.0 Å². The molecule has 0 aliphatic rings. The quantitative estimate of drug-likeness (QED) is 0.775. The Labute approximate surface area is 119 Å². The number of likely N-dealkylation sites (N-methyl/N-ethyl adjacent to an activating group) is 1. The molecule has 0 aliphatic heterocycles. The number of nitrogens with zero attached hydrogens (tertiary/aromatic N) is 3. The van der Waals surface area contributed by atoms with Gasteiger partial charge < -0.3 is 15.5 Å². The summed E-state index contributed by atoms with van der Waals surface area (Å²) >= 11 is 1.51. The molecule has 0 aliphatic carbocycles. The minimum atomic E-state index is 0.0308. The van der Waals surface area contributed by atoms with Crippen LogP contribution in [0.15, 0.2) is 5.38 Å². The third kappa shape index (κ3) is 5.26. The molecule has 0 spiro atoms. The van der Waals surface area contributed by atoms with Crippen LogP contribution in [0, 0.1) is 0 Å².